The van der Waals surface area contributed by atoms with Crippen LogP contribution in [0.4, 0.5) is 5.69 Å². The van der Waals surface area contributed by atoms with Gasteiger partial charge in [-0.05, 0) is 18.2 Å². The van der Waals surface area contributed by atoms with Crippen LogP contribution in [0.2, 0.25) is 5.02 Å². The molecule has 0 aliphatic rings. The molecule has 2 heterocycles. The van der Waals surface area contributed by atoms with Crippen LogP contribution in [0.25, 0.3) is 5.69 Å². The number of H-pyrrole nitrogens is 1. The molecule has 0 saturated heterocycles. The average molecular weight is 275 g/mol. The number of hydrogen-bond acceptors (Lipinski definition) is 4. The Morgan fingerprint density at radius 3 is 3.00 bits per heavy atom. The van der Waals surface area contributed by atoms with Gasteiger partial charge in [-0.25, -0.2) is 9.67 Å². The Labute approximate surface area is 114 Å². The van der Waals surface area contributed by atoms with E-state index in [2.05, 4.69) is 25.6 Å². The van der Waals surface area contributed by atoms with Crippen LogP contribution in [0, 0.1) is 0 Å². The van der Waals surface area contributed by atoms with Crippen LogP contribution in [0.3, 0.4) is 0 Å². The van der Waals surface area contributed by atoms with E-state index in [1.807, 2.05) is 24.3 Å². The fourth-order valence-electron chi connectivity index (χ4n) is 1.79. The minimum Gasteiger partial charge on any atom is -0.378 e. The number of halogens is 1. The summed E-state index contributed by atoms with van der Waals surface area (Å²) >= 11 is 6.23. The van der Waals surface area contributed by atoms with Gasteiger partial charge in [0.1, 0.15) is 18.3 Å². The molecule has 96 valence electrons. The van der Waals surface area contributed by atoms with Gasteiger partial charge in [-0.1, -0.05) is 17.7 Å². The van der Waals surface area contributed by atoms with Gasteiger partial charge in [0.25, 0.3) is 0 Å². The van der Waals surface area contributed by atoms with E-state index in [0.717, 1.165) is 17.1 Å². The van der Waals surface area contributed by atoms with Crippen molar-refractivity contribution in [3.8, 4) is 5.69 Å². The maximum Gasteiger partial charge on any atom is 0.138 e. The van der Waals surface area contributed by atoms with E-state index in [1.165, 1.54) is 6.33 Å². The van der Waals surface area contributed by atoms with Crippen LogP contribution in [-0.4, -0.2) is 25.0 Å². The molecule has 2 aromatic heterocycles. The first kappa shape index (κ1) is 11.7. The summed E-state index contributed by atoms with van der Waals surface area (Å²) in [6.07, 6.45) is 4.80. The van der Waals surface area contributed by atoms with Crippen LogP contribution in [0.15, 0.2) is 43.1 Å². The molecule has 19 heavy (non-hydrogen) atoms. The number of anilines is 1. The summed E-state index contributed by atoms with van der Waals surface area (Å²) in [4.78, 5) is 3.94. The van der Waals surface area contributed by atoms with E-state index in [0.29, 0.717) is 11.6 Å². The highest BCUT2D eigenvalue weighted by Crippen LogP contribution is 2.27. The Kier molecular flexibility index (Phi) is 3.16. The second-order valence-electron chi connectivity index (χ2n) is 3.91. The zero-order valence-corrected chi connectivity index (χ0v) is 10.7. The first-order valence-corrected chi connectivity index (χ1v) is 6.08. The van der Waals surface area contributed by atoms with E-state index in [4.69, 9.17) is 11.6 Å². The summed E-state index contributed by atoms with van der Waals surface area (Å²) in [6, 6.07) is 7.56. The van der Waals surface area contributed by atoms with Crippen molar-refractivity contribution >= 4 is 17.3 Å². The van der Waals surface area contributed by atoms with E-state index < -0.39 is 0 Å². The number of aromatic amines is 1. The third kappa shape index (κ3) is 2.43. The highest BCUT2D eigenvalue weighted by Gasteiger charge is 2.09. The fraction of sp³-hybridized carbons (Fsp3) is 0.0833. The summed E-state index contributed by atoms with van der Waals surface area (Å²) in [5.74, 6) is 0. The molecule has 0 unspecified atom stereocenters. The molecule has 0 radical (unpaired) electrons. The summed E-state index contributed by atoms with van der Waals surface area (Å²) in [5.41, 5.74) is 2.65. The van der Waals surface area contributed by atoms with Crippen molar-refractivity contribution in [3.05, 3.63) is 53.8 Å². The van der Waals surface area contributed by atoms with Gasteiger partial charge in [0.2, 0.25) is 0 Å². The molecule has 1 aromatic carbocycles. The number of aromatic nitrogens is 5. The van der Waals surface area contributed by atoms with Gasteiger partial charge >= 0.3 is 0 Å². The molecule has 7 heteroatoms. The van der Waals surface area contributed by atoms with Gasteiger partial charge in [0.05, 0.1) is 22.9 Å². The van der Waals surface area contributed by atoms with Gasteiger partial charge in [0.15, 0.2) is 0 Å². The third-order valence-electron chi connectivity index (χ3n) is 2.66. The molecule has 6 nitrogen and oxygen atoms in total. The Bertz CT molecular complexity index is 647. The molecule has 0 aliphatic heterocycles. The van der Waals surface area contributed by atoms with Crippen molar-refractivity contribution in [2.45, 2.75) is 6.54 Å². The maximum atomic E-state index is 6.23. The minimum absolute atomic E-state index is 0.611. The molecule has 2 N–H and O–H groups in total. The van der Waals surface area contributed by atoms with Crippen LogP contribution >= 0.6 is 11.6 Å². The molecular formula is C12H11ClN6. The predicted octanol–water partition coefficient (Wildman–Crippen LogP) is 2.26. The monoisotopic (exact) mass is 274 g/mol. The zero-order chi connectivity index (χ0) is 13.1. The van der Waals surface area contributed by atoms with Gasteiger partial charge in [-0.15, -0.1) is 0 Å². The van der Waals surface area contributed by atoms with Crippen LogP contribution in [0.1, 0.15) is 5.69 Å². The maximum absolute atomic E-state index is 6.23. The SMILES string of the molecule is Clc1cccc(NCc2ccn[nH]2)c1-n1cncn1. The Morgan fingerprint density at radius 2 is 2.26 bits per heavy atom. The average Bonchev–Trinajstić information content (AvgIpc) is 3.09. The molecule has 0 aliphatic carbocycles. The topological polar surface area (TPSA) is 71.4 Å². The van der Waals surface area contributed by atoms with E-state index in [9.17, 15) is 0 Å². The zero-order valence-electron chi connectivity index (χ0n) is 9.92. The second-order valence-corrected chi connectivity index (χ2v) is 4.32. The summed E-state index contributed by atoms with van der Waals surface area (Å²) in [6.45, 7) is 0.627. The van der Waals surface area contributed by atoms with Gasteiger partial charge in [-0.3, -0.25) is 5.10 Å². The summed E-state index contributed by atoms with van der Waals surface area (Å²) in [5, 5.41) is 14.8. The normalized spacial score (nSPS) is 10.6. The van der Waals surface area contributed by atoms with E-state index in [1.54, 1.807) is 17.2 Å². The standard InChI is InChI=1S/C12H11ClN6/c13-10-2-1-3-11(12(10)19-8-14-7-17-19)15-6-9-4-5-16-18-9/h1-5,7-8,15H,6H2,(H,16,18). The van der Waals surface area contributed by atoms with Gasteiger partial charge < -0.3 is 5.32 Å². The first-order valence-electron chi connectivity index (χ1n) is 5.70. The van der Waals surface area contributed by atoms with Crippen molar-refractivity contribution in [2.75, 3.05) is 5.32 Å². The molecule has 0 fully saturated rings. The van der Waals surface area contributed by atoms with Crippen molar-refractivity contribution < 1.29 is 0 Å². The van der Waals surface area contributed by atoms with Crippen LogP contribution < -0.4 is 5.32 Å². The Balaban J connectivity index is 1.91. The lowest BCUT2D eigenvalue weighted by molar-refractivity contribution is 0.876. The molecular weight excluding hydrogens is 264 g/mol. The molecule has 0 bridgehead atoms. The lowest BCUT2D eigenvalue weighted by atomic mass is 10.2. The van der Waals surface area contributed by atoms with Gasteiger partial charge in [0, 0.05) is 6.20 Å². The number of rotatable bonds is 4. The number of benzene rings is 1. The second kappa shape index (κ2) is 5.11. The lowest BCUT2D eigenvalue weighted by Crippen LogP contribution is -2.05. The molecule has 3 rings (SSSR count). The van der Waals surface area contributed by atoms with Gasteiger partial charge in [-0.2, -0.15) is 10.2 Å². The van der Waals surface area contributed by atoms with E-state index >= 15 is 0 Å². The summed E-state index contributed by atoms with van der Waals surface area (Å²) in [7, 11) is 0. The molecule has 0 amide bonds. The minimum atomic E-state index is 0.611. The quantitative estimate of drug-likeness (QED) is 0.765. The highest BCUT2D eigenvalue weighted by atomic mass is 35.5. The van der Waals surface area contributed by atoms with Crippen molar-refractivity contribution in [1.82, 2.24) is 25.0 Å². The molecule has 0 saturated carbocycles. The molecule has 3 aromatic rings. The molecule has 0 atom stereocenters. The largest absolute Gasteiger partial charge is 0.378 e. The van der Waals surface area contributed by atoms with E-state index in [-0.39, 0.29) is 0 Å². The Hall–Kier alpha value is -2.34. The fourth-order valence-corrected chi connectivity index (χ4v) is 2.05. The van der Waals surface area contributed by atoms with Crippen molar-refractivity contribution in [1.29, 1.82) is 0 Å². The summed E-state index contributed by atoms with van der Waals surface area (Å²) < 4.78 is 1.64. The Morgan fingerprint density at radius 1 is 1.32 bits per heavy atom. The van der Waals surface area contributed by atoms with Crippen LogP contribution in [-0.2, 0) is 6.54 Å². The molecule has 0 spiro atoms. The number of hydrogen-bond donors (Lipinski definition) is 2. The number of nitrogens with one attached hydrogen (secondary N) is 2. The van der Waals surface area contributed by atoms with Crippen LogP contribution in [0.5, 0.6) is 0 Å². The highest BCUT2D eigenvalue weighted by molar-refractivity contribution is 6.33. The number of para-hydroxylation sites is 1. The first-order chi connectivity index (χ1) is 9.34. The lowest BCUT2D eigenvalue weighted by Gasteiger charge is -2.12. The number of nitrogens with zero attached hydrogens (tertiary/aromatic N) is 4. The predicted molar refractivity (Wildman–Crippen MR) is 72.3 cm³/mol. The third-order valence-corrected chi connectivity index (χ3v) is 2.97. The smallest absolute Gasteiger partial charge is 0.138 e. The van der Waals surface area contributed by atoms with Crippen molar-refractivity contribution in [2.24, 2.45) is 0 Å². The van der Waals surface area contributed by atoms with Crippen molar-refractivity contribution in [3.63, 3.8) is 0 Å².